The molecule has 3 rings (SSSR count). The maximum Gasteiger partial charge on any atom is 0.257 e. The average Bonchev–Trinajstić information content (AvgIpc) is 2.97. The van der Waals surface area contributed by atoms with Gasteiger partial charge in [0.2, 0.25) is 0 Å². The van der Waals surface area contributed by atoms with Crippen molar-refractivity contribution in [1.82, 2.24) is 5.32 Å². The zero-order valence-electron chi connectivity index (χ0n) is 12.7. The Bertz CT molecular complexity index is 706. The molecule has 0 saturated carbocycles. The number of hydrogen-bond acceptors (Lipinski definition) is 4. The van der Waals surface area contributed by atoms with Gasteiger partial charge in [-0.15, -0.1) is 11.3 Å². The number of aliphatic hydroxyl groups excluding tert-OH is 1. The average molecular weight is 317 g/mol. The van der Waals surface area contributed by atoms with E-state index in [1.807, 2.05) is 12.1 Å². The number of ether oxygens (including phenoxy) is 1. The van der Waals surface area contributed by atoms with Gasteiger partial charge in [-0.05, 0) is 60.7 Å². The Morgan fingerprint density at radius 3 is 2.86 bits per heavy atom. The van der Waals surface area contributed by atoms with E-state index in [1.54, 1.807) is 25.3 Å². The number of thiophene rings is 1. The third-order valence-corrected chi connectivity index (χ3v) is 5.25. The van der Waals surface area contributed by atoms with Crippen LogP contribution < -0.4 is 10.1 Å². The van der Waals surface area contributed by atoms with Crippen LogP contribution in [0.2, 0.25) is 0 Å². The van der Waals surface area contributed by atoms with Crippen molar-refractivity contribution in [2.24, 2.45) is 0 Å². The summed E-state index contributed by atoms with van der Waals surface area (Å²) < 4.78 is 5.51. The summed E-state index contributed by atoms with van der Waals surface area (Å²) in [4.78, 5) is 13.5. The normalized spacial score (nSPS) is 14.0. The molecule has 116 valence electrons. The minimum Gasteiger partial charge on any atom is -0.484 e. The molecule has 22 heavy (non-hydrogen) atoms. The largest absolute Gasteiger partial charge is 0.484 e. The second kappa shape index (κ2) is 6.10. The van der Waals surface area contributed by atoms with E-state index in [9.17, 15) is 9.90 Å². The highest BCUT2D eigenvalue weighted by atomic mass is 32.1. The summed E-state index contributed by atoms with van der Waals surface area (Å²) in [5.74, 6) is 0.581. The van der Waals surface area contributed by atoms with Gasteiger partial charge in [-0.2, -0.15) is 0 Å². The summed E-state index contributed by atoms with van der Waals surface area (Å²) in [6.45, 7) is 1.83. The molecule has 0 spiro atoms. The molecule has 0 saturated heterocycles. The van der Waals surface area contributed by atoms with Crippen LogP contribution in [0.5, 0.6) is 5.75 Å². The Labute approximate surface area is 133 Å². The van der Waals surface area contributed by atoms with Crippen LogP contribution >= 0.6 is 11.3 Å². The number of carbonyl (C=O) groups is 1. The summed E-state index contributed by atoms with van der Waals surface area (Å²) in [5.41, 5.74) is 3.76. The van der Waals surface area contributed by atoms with Crippen molar-refractivity contribution in [1.29, 1.82) is 0 Å². The van der Waals surface area contributed by atoms with Crippen LogP contribution in [-0.2, 0) is 17.6 Å². The number of fused-ring (bicyclic) bond motifs is 3. The standard InChI is InChI=1S/C17H19NO3S/c1-10(19)15-8-12-4-3-11-7-13(21-9-16(20)18-2)5-6-14(11)17(12)22-15/h5-8,10,19H,3-4,9H2,1-2H3,(H,18,20). The lowest BCUT2D eigenvalue weighted by Gasteiger charge is -2.17. The van der Waals surface area contributed by atoms with Crippen molar-refractivity contribution in [3.8, 4) is 16.2 Å². The molecule has 0 fully saturated rings. The number of carbonyl (C=O) groups excluding carboxylic acids is 1. The van der Waals surface area contributed by atoms with Crippen molar-refractivity contribution in [2.45, 2.75) is 25.9 Å². The fourth-order valence-corrected chi connectivity index (χ4v) is 3.86. The minimum absolute atomic E-state index is 0.0334. The molecule has 2 aromatic rings. The summed E-state index contributed by atoms with van der Waals surface area (Å²) in [6, 6.07) is 8.08. The molecule has 2 N–H and O–H groups in total. The molecule has 1 aliphatic rings. The topological polar surface area (TPSA) is 58.6 Å². The number of amides is 1. The van der Waals surface area contributed by atoms with Gasteiger partial charge in [-0.3, -0.25) is 4.79 Å². The van der Waals surface area contributed by atoms with E-state index in [0.717, 1.165) is 23.5 Å². The van der Waals surface area contributed by atoms with Crippen LogP contribution in [0.1, 0.15) is 29.0 Å². The third kappa shape index (κ3) is 2.87. The lowest BCUT2D eigenvalue weighted by molar-refractivity contribution is -0.122. The summed E-state index contributed by atoms with van der Waals surface area (Å²) in [7, 11) is 1.59. The molecule has 1 amide bonds. The van der Waals surface area contributed by atoms with Gasteiger partial charge in [0.25, 0.3) is 5.91 Å². The summed E-state index contributed by atoms with van der Waals surface area (Å²) in [5, 5.41) is 12.3. The Morgan fingerprint density at radius 2 is 2.14 bits per heavy atom. The Kier molecular flexibility index (Phi) is 4.18. The fraction of sp³-hybridized carbons (Fsp3) is 0.353. The molecular formula is C17H19NO3S. The fourth-order valence-electron chi connectivity index (χ4n) is 2.65. The lowest BCUT2D eigenvalue weighted by Crippen LogP contribution is -2.24. The van der Waals surface area contributed by atoms with Crippen molar-refractivity contribution in [3.05, 3.63) is 40.3 Å². The number of aliphatic hydroxyl groups is 1. The van der Waals surface area contributed by atoms with Gasteiger partial charge in [-0.1, -0.05) is 0 Å². The molecule has 5 heteroatoms. The predicted octanol–water partition coefficient (Wildman–Crippen LogP) is 2.69. The first-order valence-electron chi connectivity index (χ1n) is 7.36. The van der Waals surface area contributed by atoms with Crippen molar-refractivity contribution in [3.63, 3.8) is 0 Å². The molecule has 0 bridgehead atoms. The highest BCUT2D eigenvalue weighted by Crippen LogP contribution is 2.42. The van der Waals surface area contributed by atoms with Gasteiger partial charge < -0.3 is 15.2 Å². The van der Waals surface area contributed by atoms with Crippen LogP contribution in [0.3, 0.4) is 0 Å². The van der Waals surface area contributed by atoms with Crippen LogP contribution in [0.4, 0.5) is 0 Å². The van der Waals surface area contributed by atoms with E-state index in [2.05, 4.69) is 17.4 Å². The number of nitrogens with one attached hydrogen (secondary N) is 1. The van der Waals surface area contributed by atoms with E-state index in [-0.39, 0.29) is 12.5 Å². The second-order valence-corrected chi connectivity index (χ2v) is 6.54. The smallest absolute Gasteiger partial charge is 0.257 e. The van der Waals surface area contributed by atoms with E-state index >= 15 is 0 Å². The Hall–Kier alpha value is -1.85. The first-order chi connectivity index (χ1) is 10.6. The predicted molar refractivity (Wildman–Crippen MR) is 87.4 cm³/mol. The first-order valence-corrected chi connectivity index (χ1v) is 8.17. The number of rotatable bonds is 4. The van der Waals surface area contributed by atoms with Gasteiger partial charge in [0.05, 0.1) is 6.10 Å². The Morgan fingerprint density at radius 1 is 1.36 bits per heavy atom. The van der Waals surface area contributed by atoms with E-state index < -0.39 is 6.10 Å². The van der Waals surface area contributed by atoms with Crippen LogP contribution in [0, 0.1) is 0 Å². The molecule has 1 heterocycles. The number of benzene rings is 1. The SMILES string of the molecule is CNC(=O)COc1ccc2c(c1)CCc1cc(C(C)O)sc1-2. The van der Waals surface area contributed by atoms with Crippen molar-refractivity contribution < 1.29 is 14.6 Å². The molecule has 1 unspecified atom stereocenters. The van der Waals surface area contributed by atoms with Gasteiger partial charge >= 0.3 is 0 Å². The van der Waals surface area contributed by atoms with Crippen LogP contribution in [0.25, 0.3) is 10.4 Å². The molecule has 0 aliphatic heterocycles. The summed E-state index contributed by atoms with van der Waals surface area (Å²) >= 11 is 1.66. The lowest BCUT2D eigenvalue weighted by atomic mass is 9.91. The molecular weight excluding hydrogens is 298 g/mol. The van der Waals surface area contributed by atoms with Gasteiger partial charge in [0, 0.05) is 16.8 Å². The first kappa shape index (κ1) is 15.1. The maximum absolute atomic E-state index is 11.2. The van der Waals surface area contributed by atoms with E-state index in [0.29, 0.717) is 0 Å². The van der Waals surface area contributed by atoms with Gasteiger partial charge in [0.1, 0.15) is 5.75 Å². The number of aryl methyl sites for hydroxylation is 2. The number of likely N-dealkylation sites (N-methyl/N-ethyl adjacent to an activating group) is 1. The molecule has 1 aromatic heterocycles. The maximum atomic E-state index is 11.2. The van der Waals surface area contributed by atoms with E-state index in [4.69, 9.17) is 4.74 Å². The highest BCUT2D eigenvalue weighted by Gasteiger charge is 2.21. The van der Waals surface area contributed by atoms with E-state index in [1.165, 1.54) is 21.6 Å². The van der Waals surface area contributed by atoms with Crippen LogP contribution in [0.15, 0.2) is 24.3 Å². The Balaban J connectivity index is 1.86. The molecule has 0 radical (unpaired) electrons. The van der Waals surface area contributed by atoms with Crippen molar-refractivity contribution >= 4 is 17.2 Å². The quantitative estimate of drug-likeness (QED) is 0.911. The zero-order valence-corrected chi connectivity index (χ0v) is 13.5. The highest BCUT2D eigenvalue weighted by molar-refractivity contribution is 7.15. The van der Waals surface area contributed by atoms with Gasteiger partial charge in [0.15, 0.2) is 6.61 Å². The molecule has 1 aromatic carbocycles. The molecule has 4 nitrogen and oxygen atoms in total. The zero-order chi connectivity index (χ0) is 15.7. The van der Waals surface area contributed by atoms with Crippen LogP contribution in [-0.4, -0.2) is 24.7 Å². The molecule has 1 atom stereocenters. The molecule has 1 aliphatic carbocycles. The monoisotopic (exact) mass is 317 g/mol. The number of hydrogen-bond donors (Lipinski definition) is 2. The van der Waals surface area contributed by atoms with Crippen molar-refractivity contribution in [2.75, 3.05) is 13.7 Å². The van der Waals surface area contributed by atoms with Gasteiger partial charge in [-0.25, -0.2) is 0 Å². The minimum atomic E-state index is -0.422. The second-order valence-electron chi connectivity index (χ2n) is 5.46. The summed E-state index contributed by atoms with van der Waals surface area (Å²) in [6.07, 6.45) is 1.51. The third-order valence-electron chi connectivity index (χ3n) is 3.87.